The van der Waals surface area contributed by atoms with Crippen LogP contribution < -0.4 is 10.1 Å². The second-order valence-corrected chi connectivity index (χ2v) is 10.8. The summed E-state index contributed by atoms with van der Waals surface area (Å²) in [5.41, 5.74) is 2.09. The Morgan fingerprint density at radius 3 is 2.50 bits per heavy atom. The minimum Gasteiger partial charge on any atom is -0.479 e. The van der Waals surface area contributed by atoms with E-state index in [9.17, 15) is 18.0 Å². The first-order valence-corrected chi connectivity index (χ1v) is 13.1. The number of hydrogen-bond donors (Lipinski definition) is 1. The van der Waals surface area contributed by atoms with Crippen LogP contribution in [-0.4, -0.2) is 55.2 Å². The van der Waals surface area contributed by atoms with Gasteiger partial charge in [-0.25, -0.2) is 8.42 Å². The molecule has 2 aliphatic rings. The number of rotatable bonds is 6. The zero-order valence-electron chi connectivity index (χ0n) is 19.8. The summed E-state index contributed by atoms with van der Waals surface area (Å²) in [4.78, 5) is 27.0. The molecule has 2 aliphatic heterocycles. The number of nitrogens with zero attached hydrogens (tertiary/aromatic N) is 2. The molecule has 182 valence electrons. The number of amides is 2. The van der Waals surface area contributed by atoms with Crippen molar-refractivity contribution in [2.75, 3.05) is 25.0 Å². The summed E-state index contributed by atoms with van der Waals surface area (Å²) in [7, 11) is -3.76. The standard InChI is InChI=1S/C25H31N3O5S/c1-4-27(16-19-8-6-5-7-9-19)25(30)20-10-12-28(13-11-20)34(31,32)23-15-22-21(14-17(23)2)26-24(29)18(3)33-22/h5-9,14-15,18,20H,4,10-13,16H2,1-3H3,(H,26,29)/t18-/m0/s1. The summed E-state index contributed by atoms with van der Waals surface area (Å²) in [6.45, 7) is 7.01. The Labute approximate surface area is 200 Å². The number of sulfonamides is 1. The topological polar surface area (TPSA) is 96.0 Å². The summed E-state index contributed by atoms with van der Waals surface area (Å²) in [5, 5.41) is 2.75. The normalized spacial score (nSPS) is 19.1. The van der Waals surface area contributed by atoms with Gasteiger partial charge in [-0.1, -0.05) is 30.3 Å². The summed E-state index contributed by atoms with van der Waals surface area (Å²) in [6.07, 6.45) is 0.276. The van der Waals surface area contributed by atoms with Gasteiger partial charge in [-0.2, -0.15) is 4.31 Å². The lowest BCUT2D eigenvalue weighted by molar-refractivity contribution is -0.137. The summed E-state index contributed by atoms with van der Waals surface area (Å²) in [5.74, 6) is -0.0332. The van der Waals surface area contributed by atoms with Crippen molar-refractivity contribution in [1.82, 2.24) is 9.21 Å². The molecule has 1 atom stereocenters. The maximum absolute atomic E-state index is 13.4. The molecule has 0 saturated carbocycles. The highest BCUT2D eigenvalue weighted by Crippen LogP contribution is 2.36. The molecule has 2 aromatic carbocycles. The largest absolute Gasteiger partial charge is 0.479 e. The maximum atomic E-state index is 13.4. The van der Waals surface area contributed by atoms with Crippen molar-refractivity contribution >= 4 is 27.5 Å². The highest BCUT2D eigenvalue weighted by atomic mass is 32.2. The SMILES string of the molecule is CCN(Cc1ccccc1)C(=O)C1CCN(S(=O)(=O)c2cc3c(cc2C)NC(=O)[C@H](C)O3)CC1. The van der Waals surface area contributed by atoms with Gasteiger partial charge in [0.2, 0.25) is 15.9 Å². The van der Waals surface area contributed by atoms with E-state index in [1.165, 1.54) is 10.4 Å². The third-order valence-corrected chi connectivity index (χ3v) is 8.58. The van der Waals surface area contributed by atoms with Gasteiger partial charge in [0.25, 0.3) is 5.91 Å². The molecule has 2 heterocycles. The molecule has 0 aromatic heterocycles. The van der Waals surface area contributed by atoms with E-state index in [0.717, 1.165) is 5.56 Å². The monoisotopic (exact) mass is 485 g/mol. The first kappa shape index (κ1) is 24.2. The number of ether oxygens (including phenoxy) is 1. The van der Waals surface area contributed by atoms with Crippen LogP contribution in [-0.2, 0) is 26.2 Å². The quantitative estimate of drug-likeness (QED) is 0.678. The maximum Gasteiger partial charge on any atom is 0.265 e. The van der Waals surface area contributed by atoms with Crippen LogP contribution in [0.2, 0.25) is 0 Å². The first-order valence-electron chi connectivity index (χ1n) is 11.7. The molecule has 9 heteroatoms. The molecule has 0 radical (unpaired) electrons. The zero-order chi connectivity index (χ0) is 24.5. The molecule has 0 aliphatic carbocycles. The first-order chi connectivity index (χ1) is 16.2. The minimum atomic E-state index is -3.76. The molecule has 1 fully saturated rings. The number of aryl methyl sites for hydroxylation is 1. The van der Waals surface area contributed by atoms with E-state index in [4.69, 9.17) is 4.74 Å². The molecule has 0 spiro atoms. The highest BCUT2D eigenvalue weighted by molar-refractivity contribution is 7.89. The molecule has 0 unspecified atom stereocenters. The van der Waals surface area contributed by atoms with Gasteiger partial charge < -0.3 is 15.0 Å². The van der Waals surface area contributed by atoms with E-state index in [1.807, 2.05) is 42.2 Å². The predicted octanol–water partition coefficient (Wildman–Crippen LogP) is 3.16. The van der Waals surface area contributed by atoms with E-state index in [1.54, 1.807) is 19.9 Å². The average molecular weight is 486 g/mol. The van der Waals surface area contributed by atoms with Crippen LogP contribution in [0.1, 0.15) is 37.8 Å². The molecule has 8 nitrogen and oxygen atoms in total. The Morgan fingerprint density at radius 2 is 1.85 bits per heavy atom. The highest BCUT2D eigenvalue weighted by Gasteiger charge is 2.35. The van der Waals surface area contributed by atoms with Gasteiger partial charge in [-0.15, -0.1) is 0 Å². The lowest BCUT2D eigenvalue weighted by Crippen LogP contribution is -2.44. The van der Waals surface area contributed by atoms with Crippen LogP contribution in [0.15, 0.2) is 47.4 Å². The van der Waals surface area contributed by atoms with Gasteiger partial charge in [-0.3, -0.25) is 9.59 Å². The number of carbonyl (C=O) groups is 2. The van der Waals surface area contributed by atoms with Crippen molar-refractivity contribution in [2.45, 2.75) is 51.2 Å². The van der Waals surface area contributed by atoms with Crippen molar-refractivity contribution in [1.29, 1.82) is 0 Å². The number of fused-ring (bicyclic) bond motifs is 1. The van der Waals surface area contributed by atoms with Crippen LogP contribution in [0, 0.1) is 12.8 Å². The Kier molecular flexibility index (Phi) is 6.95. The molecule has 4 rings (SSSR count). The van der Waals surface area contributed by atoms with Crippen LogP contribution >= 0.6 is 0 Å². The molecule has 2 aromatic rings. The minimum absolute atomic E-state index is 0.0755. The third-order valence-electron chi connectivity index (χ3n) is 6.54. The fourth-order valence-corrected chi connectivity index (χ4v) is 6.20. The smallest absolute Gasteiger partial charge is 0.265 e. The number of hydrogen-bond acceptors (Lipinski definition) is 5. The van der Waals surface area contributed by atoms with Gasteiger partial charge >= 0.3 is 0 Å². The van der Waals surface area contributed by atoms with Crippen molar-refractivity contribution in [3.63, 3.8) is 0 Å². The van der Waals surface area contributed by atoms with Crippen molar-refractivity contribution in [3.05, 3.63) is 53.6 Å². The van der Waals surface area contributed by atoms with Gasteiger partial charge in [0.1, 0.15) is 5.75 Å². The number of carbonyl (C=O) groups excluding carboxylic acids is 2. The summed E-state index contributed by atoms with van der Waals surface area (Å²) >= 11 is 0. The van der Waals surface area contributed by atoms with Crippen LogP contribution in [0.25, 0.3) is 0 Å². The molecule has 34 heavy (non-hydrogen) atoms. The van der Waals surface area contributed by atoms with Crippen LogP contribution in [0.4, 0.5) is 5.69 Å². The third kappa shape index (κ3) is 4.81. The second-order valence-electron chi connectivity index (χ2n) is 8.88. The Morgan fingerprint density at radius 1 is 1.18 bits per heavy atom. The zero-order valence-corrected chi connectivity index (χ0v) is 20.6. The van der Waals surface area contributed by atoms with Crippen molar-refractivity contribution in [3.8, 4) is 5.75 Å². The van der Waals surface area contributed by atoms with E-state index in [0.29, 0.717) is 42.9 Å². The molecule has 2 amide bonds. The van der Waals surface area contributed by atoms with E-state index in [2.05, 4.69) is 5.32 Å². The van der Waals surface area contributed by atoms with Gasteiger partial charge in [0, 0.05) is 38.2 Å². The summed E-state index contributed by atoms with van der Waals surface area (Å²) in [6, 6.07) is 13.0. The lowest BCUT2D eigenvalue weighted by atomic mass is 9.96. The van der Waals surface area contributed by atoms with Gasteiger partial charge in [0.05, 0.1) is 10.6 Å². The van der Waals surface area contributed by atoms with Gasteiger partial charge in [0.15, 0.2) is 6.10 Å². The van der Waals surface area contributed by atoms with Crippen LogP contribution in [0.3, 0.4) is 0 Å². The number of benzene rings is 2. The molecule has 1 saturated heterocycles. The fourth-order valence-electron chi connectivity index (χ4n) is 4.51. The number of nitrogens with one attached hydrogen (secondary N) is 1. The van der Waals surface area contributed by atoms with Crippen LogP contribution in [0.5, 0.6) is 5.75 Å². The second kappa shape index (κ2) is 9.76. The Balaban J connectivity index is 1.45. The number of anilines is 1. The average Bonchev–Trinajstić information content (AvgIpc) is 2.83. The van der Waals surface area contributed by atoms with E-state index < -0.39 is 16.1 Å². The Bertz CT molecular complexity index is 1170. The summed E-state index contributed by atoms with van der Waals surface area (Å²) < 4.78 is 33.9. The molecule has 0 bridgehead atoms. The van der Waals surface area contributed by atoms with Crippen molar-refractivity contribution in [2.24, 2.45) is 5.92 Å². The predicted molar refractivity (Wildman–Crippen MR) is 129 cm³/mol. The van der Waals surface area contributed by atoms with Gasteiger partial charge in [-0.05, 0) is 50.8 Å². The van der Waals surface area contributed by atoms with E-state index in [-0.39, 0.29) is 35.7 Å². The number of piperidine rings is 1. The molecular formula is C25H31N3O5S. The van der Waals surface area contributed by atoms with Crippen molar-refractivity contribution < 1.29 is 22.7 Å². The fraction of sp³-hybridized carbons (Fsp3) is 0.440. The molecular weight excluding hydrogens is 454 g/mol. The Hall–Kier alpha value is -2.91. The lowest BCUT2D eigenvalue weighted by Gasteiger charge is -2.34. The van der Waals surface area contributed by atoms with E-state index >= 15 is 0 Å². The molecule has 1 N–H and O–H groups in total.